The highest BCUT2D eigenvalue weighted by atomic mass is 19.1. The minimum absolute atomic E-state index is 0.135. The normalized spacial score (nSPS) is 12.1. The third-order valence-electron chi connectivity index (χ3n) is 4.61. The van der Waals surface area contributed by atoms with Gasteiger partial charge in [0.05, 0.1) is 0 Å². The lowest BCUT2D eigenvalue weighted by Crippen LogP contribution is -2.15. The molecule has 1 unspecified atom stereocenters. The van der Waals surface area contributed by atoms with E-state index in [-0.39, 0.29) is 6.61 Å². The molecule has 1 atom stereocenters. The molecular weight excluding hydrogens is 315 g/mol. The minimum atomic E-state index is -1.04. The second-order valence-corrected chi connectivity index (χ2v) is 7.36. The molecule has 2 nitrogen and oxygen atoms in total. The van der Waals surface area contributed by atoms with Crippen LogP contribution < -0.4 is 0 Å². The summed E-state index contributed by atoms with van der Waals surface area (Å²) in [5.74, 6) is -0.497. The lowest BCUT2D eigenvalue weighted by atomic mass is 10.0. The zero-order valence-electron chi connectivity index (χ0n) is 16.8. The molecule has 0 aliphatic heterocycles. The van der Waals surface area contributed by atoms with Crippen molar-refractivity contribution in [1.29, 1.82) is 0 Å². The van der Waals surface area contributed by atoms with E-state index in [1.807, 2.05) is 0 Å². The fraction of sp³-hybridized carbons (Fsp3) is 0.864. The zero-order valence-corrected chi connectivity index (χ0v) is 16.8. The molecule has 0 aromatic heterocycles. The topological polar surface area (TPSA) is 26.3 Å². The first kappa shape index (κ1) is 24.1. The van der Waals surface area contributed by atoms with Gasteiger partial charge in [-0.25, -0.2) is 9.18 Å². The van der Waals surface area contributed by atoms with E-state index >= 15 is 0 Å². The van der Waals surface area contributed by atoms with Crippen LogP contribution in [0.1, 0.15) is 110 Å². The summed E-state index contributed by atoms with van der Waals surface area (Å²) in [4.78, 5) is 11.2. The van der Waals surface area contributed by atoms with Gasteiger partial charge in [0.1, 0.15) is 12.8 Å². The third kappa shape index (κ3) is 17.7. The van der Waals surface area contributed by atoms with Gasteiger partial charge in [0.2, 0.25) is 0 Å². The van der Waals surface area contributed by atoms with Crippen molar-refractivity contribution in [2.24, 2.45) is 0 Å². The monoisotopic (exact) mass is 356 g/mol. The molecule has 0 radical (unpaired) electrons. The van der Waals surface area contributed by atoms with Crippen LogP contribution in [0.5, 0.6) is 0 Å². The molecule has 0 aliphatic carbocycles. The molecule has 0 rings (SSSR count). The molecule has 0 aromatic rings. The van der Waals surface area contributed by atoms with E-state index in [2.05, 4.69) is 13.5 Å². The predicted octanol–water partition coefficient (Wildman–Crippen LogP) is 7.32. The van der Waals surface area contributed by atoms with Gasteiger partial charge in [-0.15, -0.1) is 0 Å². The highest BCUT2D eigenvalue weighted by molar-refractivity contribution is 5.86. The fourth-order valence-electron chi connectivity index (χ4n) is 2.93. The van der Waals surface area contributed by atoms with Crippen LogP contribution in [-0.2, 0) is 9.53 Å². The summed E-state index contributed by atoms with van der Waals surface area (Å²) in [6, 6.07) is 0. The van der Waals surface area contributed by atoms with Gasteiger partial charge in [-0.3, -0.25) is 0 Å². The minimum Gasteiger partial charge on any atom is -0.459 e. The van der Waals surface area contributed by atoms with E-state index < -0.39 is 12.1 Å². The number of carbonyl (C=O) groups excluding carboxylic acids is 1. The van der Waals surface area contributed by atoms with E-state index in [1.165, 1.54) is 77.0 Å². The number of hydrogen-bond acceptors (Lipinski definition) is 2. The number of alkyl halides is 1. The van der Waals surface area contributed by atoms with Crippen LogP contribution in [0, 0.1) is 0 Å². The van der Waals surface area contributed by atoms with Gasteiger partial charge in [-0.2, -0.15) is 0 Å². The molecule has 0 saturated heterocycles. The largest absolute Gasteiger partial charge is 0.459 e. The van der Waals surface area contributed by atoms with E-state index in [9.17, 15) is 9.18 Å². The van der Waals surface area contributed by atoms with E-state index in [0.717, 1.165) is 12.8 Å². The molecule has 0 bridgehead atoms. The van der Waals surface area contributed by atoms with Gasteiger partial charge in [0.25, 0.3) is 0 Å². The number of ether oxygens (including phenoxy) is 1. The Labute approximate surface area is 155 Å². The Kier molecular flexibility index (Phi) is 17.3. The van der Waals surface area contributed by atoms with Crippen LogP contribution in [0.25, 0.3) is 0 Å². The fourth-order valence-corrected chi connectivity index (χ4v) is 2.93. The molecule has 0 spiro atoms. The highest BCUT2D eigenvalue weighted by Crippen LogP contribution is 2.14. The smallest absolute Gasteiger partial charge is 0.333 e. The quantitative estimate of drug-likeness (QED) is 0.146. The molecular formula is C22H41FO2. The molecule has 0 aromatic carbocycles. The van der Waals surface area contributed by atoms with E-state index in [1.54, 1.807) is 6.92 Å². The first-order valence-corrected chi connectivity index (χ1v) is 10.5. The van der Waals surface area contributed by atoms with E-state index in [4.69, 9.17) is 4.74 Å². The highest BCUT2D eigenvalue weighted by Gasteiger charge is 2.10. The van der Waals surface area contributed by atoms with Crippen molar-refractivity contribution in [3.05, 3.63) is 12.2 Å². The maximum absolute atomic E-state index is 13.6. The molecule has 0 N–H and O–H groups in total. The number of rotatable bonds is 18. The van der Waals surface area contributed by atoms with Crippen molar-refractivity contribution < 1.29 is 13.9 Å². The van der Waals surface area contributed by atoms with Gasteiger partial charge in [0.15, 0.2) is 0 Å². The van der Waals surface area contributed by atoms with E-state index in [0.29, 0.717) is 12.0 Å². The second kappa shape index (κ2) is 17.9. The number of esters is 1. The Morgan fingerprint density at radius 1 is 0.840 bits per heavy atom. The number of hydrogen-bond donors (Lipinski definition) is 0. The van der Waals surface area contributed by atoms with Crippen LogP contribution >= 0.6 is 0 Å². The summed E-state index contributed by atoms with van der Waals surface area (Å²) < 4.78 is 18.4. The summed E-state index contributed by atoms with van der Waals surface area (Å²) in [6.45, 7) is 7.18. The molecule has 0 aliphatic rings. The van der Waals surface area contributed by atoms with Gasteiger partial charge < -0.3 is 4.74 Å². The molecule has 0 heterocycles. The van der Waals surface area contributed by atoms with Crippen LogP contribution in [0.3, 0.4) is 0 Å². The van der Waals surface area contributed by atoms with Gasteiger partial charge in [-0.05, 0) is 13.3 Å². The maximum Gasteiger partial charge on any atom is 0.333 e. The van der Waals surface area contributed by atoms with Crippen LogP contribution in [0.2, 0.25) is 0 Å². The summed E-state index contributed by atoms with van der Waals surface area (Å²) >= 11 is 0. The molecule has 0 fully saturated rings. The maximum atomic E-state index is 13.6. The van der Waals surface area contributed by atoms with Gasteiger partial charge >= 0.3 is 5.97 Å². The van der Waals surface area contributed by atoms with Crippen LogP contribution in [0.15, 0.2) is 12.2 Å². The Morgan fingerprint density at radius 2 is 1.24 bits per heavy atom. The Bertz CT molecular complexity index is 328. The van der Waals surface area contributed by atoms with Gasteiger partial charge in [0, 0.05) is 5.57 Å². The third-order valence-corrected chi connectivity index (χ3v) is 4.61. The molecule has 148 valence electrons. The number of carbonyl (C=O) groups is 1. The SMILES string of the molecule is C=C(C)C(=O)OCC(F)CCCCCCCCCCCCCCCC. The summed E-state index contributed by atoms with van der Waals surface area (Å²) in [7, 11) is 0. The summed E-state index contributed by atoms with van der Waals surface area (Å²) in [6.07, 6.45) is 17.6. The second-order valence-electron chi connectivity index (χ2n) is 7.36. The lowest BCUT2D eigenvalue weighted by molar-refractivity contribution is -0.140. The molecule has 3 heteroatoms. The van der Waals surface area contributed by atoms with Crippen molar-refractivity contribution in [1.82, 2.24) is 0 Å². The molecule has 0 amide bonds. The van der Waals surface area contributed by atoms with Crippen molar-refractivity contribution in [3.8, 4) is 0 Å². The molecule has 0 saturated carbocycles. The predicted molar refractivity (Wildman–Crippen MR) is 106 cm³/mol. The van der Waals surface area contributed by atoms with Crippen LogP contribution in [0.4, 0.5) is 4.39 Å². The lowest BCUT2D eigenvalue weighted by Gasteiger charge is -2.09. The van der Waals surface area contributed by atoms with Crippen molar-refractivity contribution in [3.63, 3.8) is 0 Å². The number of unbranched alkanes of at least 4 members (excludes halogenated alkanes) is 13. The van der Waals surface area contributed by atoms with Crippen molar-refractivity contribution >= 4 is 5.97 Å². The first-order valence-electron chi connectivity index (χ1n) is 10.5. The average molecular weight is 357 g/mol. The average Bonchev–Trinajstić information content (AvgIpc) is 2.59. The Morgan fingerprint density at radius 3 is 1.64 bits per heavy atom. The van der Waals surface area contributed by atoms with Crippen LogP contribution in [-0.4, -0.2) is 18.7 Å². The summed E-state index contributed by atoms with van der Waals surface area (Å²) in [5.41, 5.74) is 0.323. The Balaban J connectivity index is 3.20. The summed E-state index contributed by atoms with van der Waals surface area (Å²) in [5, 5.41) is 0. The standard InChI is InChI=1S/C22H41FO2/c1-4-5-6-7-8-9-10-11-12-13-14-15-16-17-18-21(23)19-25-22(24)20(2)3/h21H,2,4-19H2,1,3H3. The Hall–Kier alpha value is -0.860. The molecule has 25 heavy (non-hydrogen) atoms. The van der Waals surface area contributed by atoms with Crippen molar-refractivity contribution in [2.45, 2.75) is 116 Å². The number of halogens is 1. The zero-order chi connectivity index (χ0) is 18.8. The van der Waals surface area contributed by atoms with Gasteiger partial charge in [-0.1, -0.05) is 103 Å². The first-order chi connectivity index (χ1) is 12.1. The van der Waals surface area contributed by atoms with Crippen molar-refractivity contribution in [2.75, 3.05) is 6.61 Å².